The van der Waals surface area contributed by atoms with Crippen molar-refractivity contribution in [1.29, 1.82) is 0 Å². The molecule has 0 aliphatic rings. The minimum absolute atomic E-state index is 0.496. The number of ether oxygens (including phenoxy) is 1. The molecule has 0 saturated carbocycles. The fraction of sp³-hybridized carbons (Fsp3) is 0.250. The zero-order valence-electron chi connectivity index (χ0n) is 11.2. The van der Waals surface area contributed by atoms with Crippen molar-refractivity contribution in [3.63, 3.8) is 0 Å². The zero-order chi connectivity index (χ0) is 14.9. The average Bonchev–Trinajstić information content (AvgIpc) is 2.74. The molecule has 0 saturated heterocycles. The largest absolute Gasteiger partial charge is 0.504 e. The molecule has 0 aliphatic carbocycles. The molecule has 0 amide bonds. The smallest absolute Gasteiger partial charge is 0.307 e. The van der Waals surface area contributed by atoms with Crippen LogP contribution in [0.1, 0.15) is 5.69 Å². The van der Waals surface area contributed by atoms with Gasteiger partial charge in [0.05, 0.1) is 24.6 Å². The van der Waals surface area contributed by atoms with Crippen molar-refractivity contribution in [1.82, 2.24) is 13.3 Å². The lowest BCUT2D eigenvalue weighted by molar-refractivity contribution is 0.341. The molecule has 8 heteroatoms. The van der Waals surface area contributed by atoms with E-state index in [0.29, 0.717) is 15.8 Å². The van der Waals surface area contributed by atoms with Crippen LogP contribution in [0.2, 0.25) is 0 Å². The molecule has 0 aliphatic heterocycles. The minimum Gasteiger partial charge on any atom is -0.504 e. The van der Waals surface area contributed by atoms with Crippen molar-refractivity contribution in [2.24, 2.45) is 0 Å². The maximum atomic E-state index is 12.5. The van der Waals surface area contributed by atoms with Gasteiger partial charge in [-0.05, 0) is 34.1 Å². The SMILES string of the molecule is CO/C=C/c1cc2cnc(Br)cc2n1S(=O)(=O)N(C)C. The number of pyridine rings is 1. The topological polar surface area (TPSA) is 64.4 Å². The Balaban J connectivity index is 2.83. The monoisotopic (exact) mass is 359 g/mol. The van der Waals surface area contributed by atoms with Gasteiger partial charge in [0.15, 0.2) is 0 Å². The third-order valence-corrected chi connectivity index (χ3v) is 4.93. The van der Waals surface area contributed by atoms with E-state index < -0.39 is 10.2 Å². The van der Waals surface area contributed by atoms with Crippen molar-refractivity contribution in [3.05, 3.63) is 34.9 Å². The van der Waals surface area contributed by atoms with Crippen LogP contribution in [-0.2, 0) is 14.9 Å². The molecule has 108 valence electrons. The Hall–Kier alpha value is -1.38. The average molecular weight is 360 g/mol. The van der Waals surface area contributed by atoms with Gasteiger partial charge < -0.3 is 4.74 Å². The Morgan fingerprint density at radius 2 is 2.10 bits per heavy atom. The third kappa shape index (κ3) is 2.58. The maximum absolute atomic E-state index is 12.5. The number of hydrogen-bond donors (Lipinski definition) is 0. The summed E-state index contributed by atoms with van der Waals surface area (Å²) in [6, 6.07) is 3.41. The summed E-state index contributed by atoms with van der Waals surface area (Å²) in [4.78, 5) is 4.11. The molecule has 2 heterocycles. The van der Waals surface area contributed by atoms with Crippen LogP contribution in [0.5, 0.6) is 0 Å². The highest BCUT2D eigenvalue weighted by Gasteiger charge is 2.22. The van der Waals surface area contributed by atoms with Crippen LogP contribution in [-0.4, -0.2) is 42.9 Å². The second-order valence-electron chi connectivity index (χ2n) is 4.23. The Labute approximate surface area is 126 Å². The number of nitrogens with zero attached hydrogens (tertiary/aromatic N) is 3. The van der Waals surface area contributed by atoms with Crippen LogP contribution in [0.3, 0.4) is 0 Å². The Bertz CT molecular complexity index is 766. The van der Waals surface area contributed by atoms with Gasteiger partial charge in [-0.3, -0.25) is 0 Å². The van der Waals surface area contributed by atoms with Gasteiger partial charge in [-0.25, -0.2) is 8.96 Å². The van der Waals surface area contributed by atoms with E-state index in [0.717, 1.165) is 9.69 Å². The van der Waals surface area contributed by atoms with E-state index in [-0.39, 0.29) is 0 Å². The highest BCUT2D eigenvalue weighted by molar-refractivity contribution is 9.10. The summed E-state index contributed by atoms with van der Waals surface area (Å²) in [5.41, 5.74) is 1.05. The van der Waals surface area contributed by atoms with Crippen molar-refractivity contribution < 1.29 is 13.2 Å². The number of halogens is 1. The fourth-order valence-corrected chi connectivity index (χ4v) is 3.18. The molecule has 2 rings (SSSR count). The van der Waals surface area contributed by atoms with Crippen LogP contribution in [0.25, 0.3) is 17.0 Å². The van der Waals surface area contributed by atoms with Gasteiger partial charge in [-0.2, -0.15) is 12.7 Å². The van der Waals surface area contributed by atoms with Crippen molar-refractivity contribution in [2.45, 2.75) is 0 Å². The first-order valence-electron chi connectivity index (χ1n) is 5.67. The van der Waals surface area contributed by atoms with E-state index >= 15 is 0 Å². The van der Waals surface area contributed by atoms with E-state index in [2.05, 4.69) is 20.9 Å². The van der Waals surface area contributed by atoms with Crippen LogP contribution < -0.4 is 0 Å². The first-order valence-corrected chi connectivity index (χ1v) is 7.86. The standard InChI is InChI=1S/C12H14BrN3O3S/c1-15(2)20(17,18)16-10(4-5-19-3)6-9-8-14-12(13)7-11(9)16/h4-8H,1-3H3/b5-4+. The second-order valence-corrected chi connectivity index (χ2v) is 7.03. The van der Waals surface area contributed by atoms with E-state index in [1.54, 1.807) is 24.4 Å². The molecule has 0 N–H and O–H groups in total. The second kappa shape index (κ2) is 5.55. The fourth-order valence-electron chi connectivity index (χ4n) is 1.75. The van der Waals surface area contributed by atoms with Crippen molar-refractivity contribution in [2.75, 3.05) is 21.2 Å². The van der Waals surface area contributed by atoms with Crippen LogP contribution >= 0.6 is 15.9 Å². The number of fused-ring (bicyclic) bond motifs is 1. The Morgan fingerprint density at radius 3 is 2.70 bits per heavy atom. The van der Waals surface area contributed by atoms with Gasteiger partial charge in [0.2, 0.25) is 0 Å². The lowest BCUT2D eigenvalue weighted by Crippen LogP contribution is -2.29. The molecular formula is C12H14BrN3O3S. The van der Waals surface area contributed by atoms with E-state index in [9.17, 15) is 8.42 Å². The lowest BCUT2D eigenvalue weighted by Gasteiger charge is -2.15. The van der Waals surface area contributed by atoms with Gasteiger partial charge >= 0.3 is 10.2 Å². The summed E-state index contributed by atoms with van der Waals surface area (Å²) in [6.45, 7) is 0. The summed E-state index contributed by atoms with van der Waals surface area (Å²) in [7, 11) is 0.833. The number of methoxy groups -OCH3 is 1. The molecule has 0 bridgehead atoms. The highest BCUT2D eigenvalue weighted by atomic mass is 79.9. The molecule has 0 unspecified atom stereocenters. The first kappa shape index (κ1) is 15.0. The molecule has 20 heavy (non-hydrogen) atoms. The molecule has 0 aromatic carbocycles. The van der Waals surface area contributed by atoms with Gasteiger partial charge in [0.1, 0.15) is 4.60 Å². The van der Waals surface area contributed by atoms with E-state index in [1.165, 1.54) is 31.4 Å². The number of hydrogen-bond acceptors (Lipinski definition) is 4. The predicted octanol–water partition coefficient (Wildman–Crippen LogP) is 2.07. The molecule has 2 aromatic rings. The summed E-state index contributed by atoms with van der Waals surface area (Å²) >= 11 is 3.26. The Kier molecular flexibility index (Phi) is 4.17. The maximum Gasteiger partial charge on any atom is 0.307 e. The normalized spacial score (nSPS) is 12.7. The first-order chi connectivity index (χ1) is 9.37. The van der Waals surface area contributed by atoms with Crippen LogP contribution in [0.4, 0.5) is 0 Å². The van der Waals surface area contributed by atoms with Crippen LogP contribution in [0, 0.1) is 0 Å². The lowest BCUT2D eigenvalue weighted by atomic mass is 10.3. The molecule has 0 radical (unpaired) electrons. The quantitative estimate of drug-likeness (QED) is 0.619. The summed E-state index contributed by atoms with van der Waals surface area (Å²) in [5, 5.41) is 0.731. The predicted molar refractivity (Wildman–Crippen MR) is 81.5 cm³/mol. The molecular weight excluding hydrogens is 346 g/mol. The van der Waals surface area contributed by atoms with Gasteiger partial charge in [0.25, 0.3) is 0 Å². The molecule has 0 fully saturated rings. The van der Waals surface area contributed by atoms with Crippen molar-refractivity contribution in [3.8, 4) is 0 Å². The van der Waals surface area contributed by atoms with Crippen LogP contribution in [0.15, 0.2) is 29.2 Å². The molecule has 0 atom stereocenters. The van der Waals surface area contributed by atoms with Gasteiger partial charge in [-0.1, -0.05) is 0 Å². The van der Waals surface area contributed by atoms with E-state index in [1.807, 2.05) is 0 Å². The highest BCUT2D eigenvalue weighted by Crippen LogP contribution is 2.25. The summed E-state index contributed by atoms with van der Waals surface area (Å²) in [6.07, 6.45) is 4.64. The van der Waals surface area contributed by atoms with Crippen molar-refractivity contribution >= 4 is 43.1 Å². The minimum atomic E-state index is -3.64. The zero-order valence-corrected chi connectivity index (χ0v) is 13.6. The van der Waals surface area contributed by atoms with Gasteiger partial charge in [-0.15, -0.1) is 0 Å². The molecule has 6 nitrogen and oxygen atoms in total. The van der Waals surface area contributed by atoms with Gasteiger partial charge in [0, 0.05) is 25.7 Å². The number of rotatable bonds is 4. The Morgan fingerprint density at radius 1 is 1.40 bits per heavy atom. The third-order valence-electron chi connectivity index (χ3n) is 2.70. The molecule has 2 aromatic heterocycles. The molecule has 0 spiro atoms. The van der Waals surface area contributed by atoms with E-state index in [4.69, 9.17) is 4.74 Å². The summed E-state index contributed by atoms with van der Waals surface area (Å²) < 4.78 is 32.8. The number of aromatic nitrogens is 2. The summed E-state index contributed by atoms with van der Waals surface area (Å²) in [5.74, 6) is 0.